The maximum absolute atomic E-state index is 13.0. The number of nitrogens with one attached hydrogen (secondary N) is 1. The molecule has 0 heterocycles. The fourth-order valence-corrected chi connectivity index (χ4v) is 8.07. The van der Waals surface area contributed by atoms with Crippen LogP contribution in [0, 0.1) is 11.8 Å². The molecule has 0 aromatic rings. The fourth-order valence-electron chi connectivity index (χ4n) is 7.35. The molecular weight excluding hydrogens is 743 g/mol. The Morgan fingerprint density at radius 2 is 1.40 bits per heavy atom. The van der Waals surface area contributed by atoms with Crippen LogP contribution in [0.4, 0.5) is 0 Å². The lowest BCUT2D eigenvalue weighted by Gasteiger charge is -2.29. The van der Waals surface area contributed by atoms with Crippen molar-refractivity contribution >= 4 is 19.5 Å². The van der Waals surface area contributed by atoms with Gasteiger partial charge < -0.3 is 39.1 Å². The molecule has 0 aliphatic heterocycles. The number of Topliss-reactive ketones (excluding diaryl/α,β-unsaturated/α-hetero) is 1. The summed E-state index contributed by atoms with van der Waals surface area (Å²) in [4.78, 5) is 38.0. The van der Waals surface area contributed by atoms with Gasteiger partial charge >= 0.3 is 0 Å². The van der Waals surface area contributed by atoms with Crippen molar-refractivity contribution in [1.29, 1.82) is 0 Å². The van der Waals surface area contributed by atoms with Crippen LogP contribution in [0.3, 0.4) is 0 Å². The largest absolute Gasteiger partial charge is 0.756 e. The molecule has 0 radical (unpaired) electrons. The van der Waals surface area contributed by atoms with Gasteiger partial charge in [-0.2, -0.15) is 0 Å². The average Bonchev–Trinajstić information content (AvgIpc) is 3.42. The summed E-state index contributed by atoms with van der Waals surface area (Å²) in [5, 5.41) is 34.6. The first-order chi connectivity index (χ1) is 27.2. The lowest BCUT2D eigenvalue weighted by Crippen LogP contribution is -2.45. The van der Waals surface area contributed by atoms with Gasteiger partial charge in [-0.15, -0.1) is 0 Å². The molecule has 12 heteroatoms. The van der Waals surface area contributed by atoms with Gasteiger partial charge in [-0.3, -0.25) is 14.2 Å². The Hall–Kier alpha value is -1.43. The lowest BCUT2D eigenvalue weighted by molar-refractivity contribution is -0.870. The van der Waals surface area contributed by atoms with Crippen LogP contribution in [0.1, 0.15) is 174 Å². The quantitative estimate of drug-likeness (QED) is 0.0208. The number of phosphoric ester groups is 1. The minimum absolute atomic E-state index is 0.0142. The zero-order valence-electron chi connectivity index (χ0n) is 36.8. The molecule has 0 aromatic heterocycles. The number of allylic oxidation sites excluding steroid dienone is 2. The average molecular weight is 829 g/mol. The van der Waals surface area contributed by atoms with Gasteiger partial charge in [-0.25, -0.2) is 0 Å². The summed E-state index contributed by atoms with van der Waals surface area (Å²) in [5.41, 5.74) is 0. The van der Waals surface area contributed by atoms with Crippen LogP contribution in [-0.4, -0.2) is 96.7 Å². The molecule has 1 aliphatic carbocycles. The Morgan fingerprint density at radius 1 is 0.842 bits per heavy atom. The van der Waals surface area contributed by atoms with Gasteiger partial charge in [-0.1, -0.05) is 154 Å². The van der Waals surface area contributed by atoms with Gasteiger partial charge in [0.1, 0.15) is 18.9 Å². The number of likely N-dealkylation sites (N-methyl/N-ethyl adjacent to an activating group) is 1. The van der Waals surface area contributed by atoms with E-state index in [4.69, 9.17) is 9.05 Å². The fraction of sp³-hybridized carbons (Fsp3) is 0.867. The molecule has 1 aliphatic rings. The van der Waals surface area contributed by atoms with Crippen LogP contribution >= 0.6 is 7.82 Å². The molecule has 1 saturated carbocycles. The highest BCUT2D eigenvalue weighted by molar-refractivity contribution is 7.45. The molecule has 334 valence electrons. The number of amides is 1. The molecule has 0 spiro atoms. The Balaban J connectivity index is 2.53. The van der Waals surface area contributed by atoms with Crippen molar-refractivity contribution in [3.05, 3.63) is 24.3 Å². The maximum atomic E-state index is 13.0. The molecule has 0 bridgehead atoms. The Kier molecular flexibility index (Phi) is 30.4. The van der Waals surface area contributed by atoms with Crippen LogP contribution in [0.2, 0.25) is 0 Å². The first-order valence-electron chi connectivity index (χ1n) is 22.8. The number of carbonyl (C=O) groups is 2. The van der Waals surface area contributed by atoms with Crippen molar-refractivity contribution in [3.8, 4) is 0 Å². The standard InChI is InChI=1S/C45H85N2O9P/c1-6-8-10-11-12-13-14-15-16-17-18-19-20-21-26-30-42(49)41(37-56-57(53,54)55-35-34-47(3,4)5)46-45(52)31-27-23-22-25-29-39-40(44(51)36-43(39)50)33-32-38(48)28-24-9-7-2/h26,30,32-33,38-43,48-50H,6-25,27-29,31,34-37H2,1-5H3,(H-,46,52,53,54)/b30-26+,33-32+/t38-,39+,40+,41-,42+,43-/m0/s1. The molecule has 57 heavy (non-hydrogen) atoms. The first-order valence-corrected chi connectivity index (χ1v) is 24.3. The van der Waals surface area contributed by atoms with E-state index in [0.29, 0.717) is 30.3 Å². The second-order valence-corrected chi connectivity index (χ2v) is 19.0. The minimum atomic E-state index is -4.65. The second kappa shape index (κ2) is 32.4. The summed E-state index contributed by atoms with van der Waals surface area (Å²) in [7, 11) is 1.12. The third-order valence-electron chi connectivity index (χ3n) is 11.1. The minimum Gasteiger partial charge on any atom is -0.756 e. The number of rotatable bonds is 37. The van der Waals surface area contributed by atoms with Crippen molar-refractivity contribution in [1.82, 2.24) is 5.32 Å². The third kappa shape index (κ3) is 28.6. The lowest BCUT2D eigenvalue weighted by atomic mass is 9.88. The number of aliphatic hydroxyl groups excluding tert-OH is 3. The maximum Gasteiger partial charge on any atom is 0.268 e. The molecule has 1 amide bonds. The van der Waals surface area contributed by atoms with E-state index in [1.807, 2.05) is 27.2 Å². The molecule has 1 fully saturated rings. The summed E-state index contributed by atoms with van der Waals surface area (Å²) < 4.78 is 23.2. The molecule has 4 N–H and O–H groups in total. The number of carbonyl (C=O) groups excluding carboxylic acids is 2. The summed E-state index contributed by atoms with van der Waals surface area (Å²) in [6.07, 6.45) is 29.7. The van der Waals surface area contributed by atoms with E-state index in [-0.39, 0.29) is 43.0 Å². The van der Waals surface area contributed by atoms with Crippen LogP contribution in [0.15, 0.2) is 24.3 Å². The highest BCUT2D eigenvalue weighted by Crippen LogP contribution is 2.38. The molecule has 0 saturated heterocycles. The number of hydrogen-bond donors (Lipinski definition) is 4. The number of aliphatic hydroxyl groups is 3. The topological polar surface area (TPSA) is 165 Å². The Bertz CT molecular complexity index is 1140. The molecule has 1 rings (SSSR count). The van der Waals surface area contributed by atoms with Crippen molar-refractivity contribution in [3.63, 3.8) is 0 Å². The third-order valence-corrected chi connectivity index (χ3v) is 12.0. The smallest absolute Gasteiger partial charge is 0.268 e. The molecule has 11 nitrogen and oxygen atoms in total. The van der Waals surface area contributed by atoms with Gasteiger partial charge in [0, 0.05) is 18.8 Å². The predicted molar refractivity (Wildman–Crippen MR) is 229 cm³/mol. The van der Waals surface area contributed by atoms with E-state index in [1.54, 1.807) is 18.2 Å². The Labute approximate surface area is 347 Å². The number of ketones is 1. The van der Waals surface area contributed by atoms with E-state index in [2.05, 4.69) is 19.2 Å². The van der Waals surface area contributed by atoms with Crippen LogP contribution in [0.5, 0.6) is 0 Å². The monoisotopic (exact) mass is 829 g/mol. The number of quaternary nitrogens is 1. The first kappa shape index (κ1) is 53.6. The van der Waals surface area contributed by atoms with Crippen molar-refractivity contribution in [2.45, 2.75) is 199 Å². The highest BCUT2D eigenvalue weighted by atomic mass is 31.2. The number of nitrogens with zero attached hydrogens (tertiary/aromatic N) is 1. The van der Waals surface area contributed by atoms with E-state index < -0.39 is 38.8 Å². The summed E-state index contributed by atoms with van der Waals surface area (Å²) in [5.74, 6) is -0.847. The predicted octanol–water partition coefficient (Wildman–Crippen LogP) is 8.48. The van der Waals surface area contributed by atoms with E-state index in [1.165, 1.54) is 70.6 Å². The summed E-state index contributed by atoms with van der Waals surface area (Å²) in [6, 6.07) is -0.971. The van der Waals surface area contributed by atoms with Crippen LogP contribution in [-0.2, 0) is 23.2 Å². The SMILES string of the molecule is CCCCCCCCCCCCCCC/C=C/[C@@H](O)[C@H](COP(=O)([O-])OCC[N+](C)(C)C)NC(=O)CCCCCC[C@H]1[C@@H](O)CC(=O)[C@@H]1/C=C/[C@@H](O)CCCCC. The molecule has 0 aromatic carbocycles. The van der Waals surface area contributed by atoms with E-state index in [9.17, 15) is 34.4 Å². The number of unbranched alkanes of at least 4 members (excludes halogenated alkanes) is 18. The zero-order chi connectivity index (χ0) is 42.4. The van der Waals surface area contributed by atoms with Crippen molar-refractivity contribution < 1.29 is 47.9 Å². The van der Waals surface area contributed by atoms with Crippen LogP contribution < -0.4 is 10.2 Å². The van der Waals surface area contributed by atoms with Crippen molar-refractivity contribution in [2.75, 3.05) is 40.9 Å². The van der Waals surface area contributed by atoms with Crippen molar-refractivity contribution in [2.24, 2.45) is 11.8 Å². The van der Waals surface area contributed by atoms with Crippen LogP contribution in [0.25, 0.3) is 0 Å². The van der Waals surface area contributed by atoms with Gasteiger partial charge in [0.2, 0.25) is 5.91 Å². The number of hydrogen-bond acceptors (Lipinski definition) is 9. The van der Waals surface area contributed by atoms with Gasteiger partial charge in [0.15, 0.2) is 0 Å². The molecule has 7 atom stereocenters. The van der Waals surface area contributed by atoms with E-state index >= 15 is 0 Å². The molecular formula is C45H85N2O9P. The van der Waals surface area contributed by atoms with Gasteiger partial charge in [0.25, 0.3) is 7.82 Å². The summed E-state index contributed by atoms with van der Waals surface area (Å²) >= 11 is 0. The second-order valence-electron chi connectivity index (χ2n) is 17.5. The zero-order valence-corrected chi connectivity index (χ0v) is 37.7. The summed E-state index contributed by atoms with van der Waals surface area (Å²) in [6.45, 7) is 4.33. The number of phosphoric acid groups is 1. The highest BCUT2D eigenvalue weighted by Gasteiger charge is 2.39. The molecule has 1 unspecified atom stereocenters. The van der Waals surface area contributed by atoms with E-state index in [0.717, 1.165) is 57.8 Å². The Morgan fingerprint density at radius 3 is 2.02 bits per heavy atom. The van der Waals surface area contributed by atoms with Gasteiger partial charge in [-0.05, 0) is 38.0 Å². The normalized spacial score (nSPS) is 20.4. The van der Waals surface area contributed by atoms with Gasteiger partial charge in [0.05, 0.1) is 52.1 Å².